The number of hydrogen-bond donors (Lipinski definition) is 0. The van der Waals surface area contributed by atoms with Crippen LogP contribution in [0.5, 0.6) is 0 Å². The standard InChI is InChI=1S/C13H16F3NO/c1-10-3-5-11(6-4-10)12(18)9-17(2)8-7-13(14,15)16/h3-6H,7-9H2,1-2H3. The maximum absolute atomic E-state index is 12.0. The van der Waals surface area contributed by atoms with Crippen LogP contribution in [0, 0.1) is 6.92 Å². The zero-order valence-electron chi connectivity index (χ0n) is 10.4. The summed E-state index contributed by atoms with van der Waals surface area (Å²) in [5, 5.41) is 0. The van der Waals surface area contributed by atoms with E-state index in [1.54, 1.807) is 12.1 Å². The Kier molecular flexibility index (Phi) is 4.90. The van der Waals surface area contributed by atoms with Gasteiger partial charge in [-0.1, -0.05) is 29.8 Å². The molecule has 0 aliphatic rings. The maximum atomic E-state index is 12.0. The molecule has 0 bridgehead atoms. The number of aryl methyl sites for hydroxylation is 1. The lowest BCUT2D eigenvalue weighted by atomic mass is 10.1. The molecule has 0 saturated carbocycles. The molecule has 5 heteroatoms. The van der Waals surface area contributed by atoms with Gasteiger partial charge in [0.2, 0.25) is 0 Å². The quantitative estimate of drug-likeness (QED) is 0.757. The molecule has 0 radical (unpaired) electrons. The Balaban J connectivity index is 2.47. The summed E-state index contributed by atoms with van der Waals surface area (Å²) in [5.74, 6) is -0.167. The van der Waals surface area contributed by atoms with Gasteiger partial charge in [0, 0.05) is 12.1 Å². The molecule has 1 aromatic carbocycles. The Morgan fingerprint density at radius 3 is 2.28 bits per heavy atom. The third kappa shape index (κ3) is 5.31. The van der Waals surface area contributed by atoms with Crippen molar-refractivity contribution in [1.82, 2.24) is 4.90 Å². The van der Waals surface area contributed by atoms with Crippen molar-refractivity contribution in [3.05, 3.63) is 35.4 Å². The number of hydrogen-bond acceptors (Lipinski definition) is 2. The van der Waals surface area contributed by atoms with Crippen LogP contribution in [-0.2, 0) is 0 Å². The number of likely N-dealkylation sites (N-methyl/N-ethyl adjacent to an activating group) is 1. The van der Waals surface area contributed by atoms with Crippen LogP contribution >= 0.6 is 0 Å². The van der Waals surface area contributed by atoms with E-state index >= 15 is 0 Å². The Morgan fingerprint density at radius 2 is 1.78 bits per heavy atom. The van der Waals surface area contributed by atoms with Crippen molar-refractivity contribution in [1.29, 1.82) is 0 Å². The van der Waals surface area contributed by atoms with E-state index in [1.165, 1.54) is 11.9 Å². The molecule has 0 atom stereocenters. The third-order valence-corrected chi connectivity index (χ3v) is 2.56. The predicted molar refractivity (Wildman–Crippen MR) is 63.7 cm³/mol. The lowest BCUT2D eigenvalue weighted by molar-refractivity contribution is -0.137. The van der Waals surface area contributed by atoms with E-state index in [-0.39, 0.29) is 18.9 Å². The zero-order chi connectivity index (χ0) is 13.8. The molecule has 100 valence electrons. The van der Waals surface area contributed by atoms with Crippen molar-refractivity contribution in [2.24, 2.45) is 0 Å². The molecule has 0 aliphatic heterocycles. The Bertz CT molecular complexity index is 398. The Hall–Kier alpha value is -1.36. The van der Waals surface area contributed by atoms with E-state index in [0.29, 0.717) is 5.56 Å². The lowest BCUT2D eigenvalue weighted by Crippen LogP contribution is -2.29. The van der Waals surface area contributed by atoms with Crippen LogP contribution < -0.4 is 0 Å². The van der Waals surface area contributed by atoms with E-state index in [1.807, 2.05) is 19.1 Å². The van der Waals surface area contributed by atoms with Crippen LogP contribution in [0.4, 0.5) is 13.2 Å². The average molecular weight is 259 g/mol. The minimum atomic E-state index is -4.18. The highest BCUT2D eigenvalue weighted by Crippen LogP contribution is 2.19. The van der Waals surface area contributed by atoms with Gasteiger partial charge in [0.25, 0.3) is 0 Å². The Morgan fingerprint density at radius 1 is 1.22 bits per heavy atom. The zero-order valence-corrected chi connectivity index (χ0v) is 10.4. The number of ketones is 1. The summed E-state index contributed by atoms with van der Waals surface area (Å²) in [6, 6.07) is 7.00. The second-order valence-electron chi connectivity index (χ2n) is 4.39. The normalized spacial score (nSPS) is 11.9. The molecular formula is C13H16F3NO. The molecule has 0 heterocycles. The third-order valence-electron chi connectivity index (χ3n) is 2.56. The first-order valence-electron chi connectivity index (χ1n) is 5.63. The number of alkyl halides is 3. The van der Waals surface area contributed by atoms with Gasteiger partial charge in [0.1, 0.15) is 0 Å². The van der Waals surface area contributed by atoms with Gasteiger partial charge in [0.05, 0.1) is 13.0 Å². The number of halogens is 3. The second-order valence-corrected chi connectivity index (χ2v) is 4.39. The first kappa shape index (κ1) is 14.7. The number of benzene rings is 1. The van der Waals surface area contributed by atoms with Gasteiger partial charge in [-0.25, -0.2) is 0 Å². The summed E-state index contributed by atoms with van der Waals surface area (Å²) in [6.07, 6.45) is -5.08. The highest BCUT2D eigenvalue weighted by Gasteiger charge is 2.27. The number of carbonyl (C=O) groups excluding carboxylic acids is 1. The van der Waals surface area contributed by atoms with Gasteiger partial charge < -0.3 is 0 Å². The summed E-state index contributed by atoms with van der Waals surface area (Å²) in [4.78, 5) is 13.2. The minimum absolute atomic E-state index is 0.000852. The average Bonchev–Trinajstić information content (AvgIpc) is 2.26. The van der Waals surface area contributed by atoms with Gasteiger partial charge in [-0.2, -0.15) is 13.2 Å². The van der Waals surface area contributed by atoms with Crippen LogP contribution in [0.1, 0.15) is 22.3 Å². The number of carbonyl (C=O) groups is 1. The van der Waals surface area contributed by atoms with Gasteiger partial charge in [-0.05, 0) is 14.0 Å². The van der Waals surface area contributed by atoms with Crippen LogP contribution in [0.25, 0.3) is 0 Å². The van der Waals surface area contributed by atoms with Crippen molar-refractivity contribution >= 4 is 5.78 Å². The van der Waals surface area contributed by atoms with E-state index in [0.717, 1.165) is 5.56 Å². The molecule has 0 N–H and O–H groups in total. The van der Waals surface area contributed by atoms with Crippen molar-refractivity contribution in [3.8, 4) is 0 Å². The fourth-order valence-corrected chi connectivity index (χ4v) is 1.47. The number of nitrogens with zero attached hydrogens (tertiary/aromatic N) is 1. The summed E-state index contributed by atoms with van der Waals surface area (Å²) in [6.45, 7) is 1.74. The summed E-state index contributed by atoms with van der Waals surface area (Å²) in [7, 11) is 1.51. The summed E-state index contributed by atoms with van der Waals surface area (Å²) < 4.78 is 36.0. The molecule has 0 spiro atoms. The summed E-state index contributed by atoms with van der Waals surface area (Å²) >= 11 is 0. The number of rotatable bonds is 5. The van der Waals surface area contributed by atoms with Crippen LogP contribution in [0.15, 0.2) is 24.3 Å². The van der Waals surface area contributed by atoms with Gasteiger partial charge in [-0.15, -0.1) is 0 Å². The van der Waals surface area contributed by atoms with Crippen LogP contribution in [-0.4, -0.2) is 37.0 Å². The van der Waals surface area contributed by atoms with Crippen LogP contribution in [0.2, 0.25) is 0 Å². The molecular weight excluding hydrogens is 243 g/mol. The molecule has 0 aromatic heterocycles. The molecule has 0 unspecified atom stereocenters. The molecule has 0 saturated heterocycles. The monoisotopic (exact) mass is 259 g/mol. The van der Waals surface area contributed by atoms with E-state index in [4.69, 9.17) is 0 Å². The molecule has 2 nitrogen and oxygen atoms in total. The molecule has 1 aromatic rings. The highest BCUT2D eigenvalue weighted by atomic mass is 19.4. The maximum Gasteiger partial charge on any atom is 0.390 e. The van der Waals surface area contributed by atoms with Gasteiger partial charge in [-0.3, -0.25) is 9.69 Å². The van der Waals surface area contributed by atoms with Gasteiger partial charge >= 0.3 is 6.18 Å². The van der Waals surface area contributed by atoms with Gasteiger partial charge in [0.15, 0.2) is 5.78 Å². The smallest absolute Gasteiger partial charge is 0.299 e. The SMILES string of the molecule is Cc1ccc(C(=O)CN(C)CCC(F)(F)F)cc1. The minimum Gasteiger partial charge on any atom is -0.299 e. The second kappa shape index (κ2) is 6.00. The van der Waals surface area contributed by atoms with Crippen molar-refractivity contribution in [2.75, 3.05) is 20.1 Å². The predicted octanol–water partition coefficient (Wildman–Crippen LogP) is 3.06. The first-order chi connectivity index (χ1) is 8.28. The molecule has 18 heavy (non-hydrogen) atoms. The largest absolute Gasteiger partial charge is 0.390 e. The van der Waals surface area contributed by atoms with E-state index in [9.17, 15) is 18.0 Å². The first-order valence-corrected chi connectivity index (χ1v) is 5.63. The molecule has 0 fully saturated rings. The van der Waals surface area contributed by atoms with Crippen molar-refractivity contribution < 1.29 is 18.0 Å². The highest BCUT2D eigenvalue weighted by molar-refractivity contribution is 5.97. The van der Waals surface area contributed by atoms with Crippen molar-refractivity contribution in [2.45, 2.75) is 19.5 Å². The van der Waals surface area contributed by atoms with Crippen molar-refractivity contribution in [3.63, 3.8) is 0 Å². The Labute approximate surface area is 104 Å². The topological polar surface area (TPSA) is 20.3 Å². The molecule has 0 amide bonds. The lowest BCUT2D eigenvalue weighted by Gasteiger charge is -2.16. The van der Waals surface area contributed by atoms with E-state index in [2.05, 4.69) is 0 Å². The molecule has 0 aliphatic carbocycles. The number of Topliss-reactive ketones (excluding diaryl/α,β-unsaturated/α-hetero) is 1. The fourth-order valence-electron chi connectivity index (χ4n) is 1.47. The summed E-state index contributed by atoms with van der Waals surface area (Å²) in [5.41, 5.74) is 1.57. The van der Waals surface area contributed by atoms with Crippen LogP contribution in [0.3, 0.4) is 0 Å². The van der Waals surface area contributed by atoms with E-state index < -0.39 is 12.6 Å². The fraction of sp³-hybridized carbons (Fsp3) is 0.462. The molecule has 1 rings (SSSR count).